The second-order valence-electron chi connectivity index (χ2n) is 3.27. The van der Waals surface area contributed by atoms with Gasteiger partial charge in [-0.3, -0.25) is 4.79 Å². The van der Waals surface area contributed by atoms with Crippen molar-refractivity contribution < 1.29 is 9.53 Å². The van der Waals surface area contributed by atoms with E-state index in [1.165, 1.54) is 0 Å². The molecule has 1 N–H and O–H groups in total. The Bertz CT molecular complexity index is 281. The van der Waals surface area contributed by atoms with Crippen LogP contribution in [0, 0.1) is 11.8 Å². The molecule has 0 aromatic carbocycles. The number of allylic oxidation sites excluding steroid dienone is 3. The molecule has 2 atom stereocenters. The Balaban J connectivity index is 2.05. The number of hydrogen-bond acceptors (Lipinski definition) is 3. The van der Waals surface area contributed by atoms with Crippen LogP contribution in [-0.2, 0) is 9.53 Å². The van der Waals surface area contributed by atoms with E-state index in [1.54, 1.807) is 0 Å². The summed E-state index contributed by atoms with van der Waals surface area (Å²) in [5, 5.41) is 3.21. The van der Waals surface area contributed by atoms with Gasteiger partial charge in [0, 0.05) is 18.2 Å². The maximum Gasteiger partial charge on any atom is 0.311 e. The number of nitrogens with one attached hydrogen (secondary N) is 1. The largest absolute Gasteiger partial charge is 0.466 e. The van der Waals surface area contributed by atoms with Crippen LogP contribution in [0.15, 0.2) is 23.9 Å². The summed E-state index contributed by atoms with van der Waals surface area (Å²) in [6.45, 7) is 3.01. The Hall–Kier alpha value is -1.25. The Morgan fingerprint density at radius 1 is 1.77 bits per heavy atom. The zero-order valence-electron chi connectivity index (χ0n) is 7.62. The fourth-order valence-corrected chi connectivity index (χ4v) is 1.86. The number of esters is 1. The van der Waals surface area contributed by atoms with E-state index in [0.29, 0.717) is 13.2 Å². The highest BCUT2D eigenvalue weighted by molar-refractivity contribution is 5.75. The maximum absolute atomic E-state index is 11.5. The third-order valence-electron chi connectivity index (χ3n) is 2.50. The lowest BCUT2D eigenvalue weighted by Gasteiger charge is -2.11. The van der Waals surface area contributed by atoms with Crippen molar-refractivity contribution in [3.63, 3.8) is 0 Å². The summed E-state index contributed by atoms with van der Waals surface area (Å²) in [6.07, 6.45) is 6.05. The molecule has 1 fully saturated rings. The number of hydrogen-bond donors (Lipinski definition) is 1. The SMILES string of the molecule is CCOC(=O)C1CNC2=CC=CC21. The fraction of sp³-hybridized carbons (Fsp3) is 0.500. The van der Waals surface area contributed by atoms with Crippen molar-refractivity contribution in [2.75, 3.05) is 13.2 Å². The second kappa shape index (κ2) is 3.24. The topological polar surface area (TPSA) is 38.3 Å². The molecule has 13 heavy (non-hydrogen) atoms. The summed E-state index contributed by atoms with van der Waals surface area (Å²) in [5.41, 5.74) is 1.15. The highest BCUT2D eigenvalue weighted by Crippen LogP contribution is 2.31. The molecule has 2 rings (SSSR count). The molecule has 3 heteroatoms. The fourth-order valence-electron chi connectivity index (χ4n) is 1.86. The molecule has 2 aliphatic rings. The molecule has 0 aromatic rings. The Morgan fingerprint density at radius 3 is 3.38 bits per heavy atom. The first-order valence-corrected chi connectivity index (χ1v) is 4.62. The van der Waals surface area contributed by atoms with Crippen molar-refractivity contribution in [2.45, 2.75) is 6.92 Å². The van der Waals surface area contributed by atoms with Gasteiger partial charge in [-0.1, -0.05) is 12.2 Å². The van der Waals surface area contributed by atoms with Crippen molar-refractivity contribution in [2.24, 2.45) is 11.8 Å². The molecule has 70 valence electrons. The van der Waals surface area contributed by atoms with E-state index in [9.17, 15) is 4.79 Å². The molecule has 0 radical (unpaired) electrons. The van der Waals surface area contributed by atoms with Crippen LogP contribution < -0.4 is 5.32 Å². The molecule has 1 heterocycles. The minimum atomic E-state index is -0.0880. The van der Waals surface area contributed by atoms with E-state index < -0.39 is 0 Å². The average molecular weight is 179 g/mol. The minimum Gasteiger partial charge on any atom is -0.466 e. The normalized spacial score (nSPS) is 29.5. The van der Waals surface area contributed by atoms with Crippen molar-refractivity contribution in [3.8, 4) is 0 Å². The van der Waals surface area contributed by atoms with E-state index in [4.69, 9.17) is 4.74 Å². The van der Waals surface area contributed by atoms with Crippen LogP contribution in [0.25, 0.3) is 0 Å². The van der Waals surface area contributed by atoms with Gasteiger partial charge in [0.2, 0.25) is 0 Å². The molecular formula is C10H13NO2. The molecule has 0 spiro atoms. The van der Waals surface area contributed by atoms with Gasteiger partial charge in [0.05, 0.1) is 12.5 Å². The predicted octanol–water partition coefficient (Wildman–Crippen LogP) is 0.839. The van der Waals surface area contributed by atoms with Gasteiger partial charge in [0.25, 0.3) is 0 Å². The number of carbonyl (C=O) groups excluding carboxylic acids is 1. The summed E-state index contributed by atoms with van der Waals surface area (Å²) in [4.78, 5) is 11.5. The molecule has 0 bridgehead atoms. The van der Waals surface area contributed by atoms with Crippen molar-refractivity contribution >= 4 is 5.97 Å². The number of carbonyl (C=O) groups is 1. The van der Waals surface area contributed by atoms with Crippen LogP contribution in [0.4, 0.5) is 0 Å². The van der Waals surface area contributed by atoms with E-state index in [-0.39, 0.29) is 17.8 Å². The predicted molar refractivity (Wildman–Crippen MR) is 48.8 cm³/mol. The standard InChI is InChI=1S/C10H13NO2/c1-2-13-10(12)8-6-11-9-5-3-4-7(8)9/h3-5,7-8,11H,2,6H2,1H3. The first-order chi connectivity index (χ1) is 6.33. The highest BCUT2D eigenvalue weighted by Gasteiger charge is 2.36. The molecule has 0 amide bonds. The van der Waals surface area contributed by atoms with E-state index in [0.717, 1.165) is 5.70 Å². The Labute approximate surface area is 77.5 Å². The zero-order chi connectivity index (χ0) is 9.26. The summed E-state index contributed by atoms with van der Waals surface area (Å²) in [5.74, 6) is 0.124. The quantitative estimate of drug-likeness (QED) is 0.638. The van der Waals surface area contributed by atoms with Crippen LogP contribution in [0.1, 0.15) is 6.92 Å². The molecule has 0 aromatic heterocycles. The lowest BCUT2D eigenvalue weighted by atomic mass is 9.96. The van der Waals surface area contributed by atoms with Gasteiger partial charge in [0.15, 0.2) is 0 Å². The van der Waals surface area contributed by atoms with Gasteiger partial charge in [-0.2, -0.15) is 0 Å². The van der Waals surface area contributed by atoms with Crippen molar-refractivity contribution in [3.05, 3.63) is 23.9 Å². The lowest BCUT2D eigenvalue weighted by Crippen LogP contribution is -2.23. The Morgan fingerprint density at radius 2 is 2.62 bits per heavy atom. The van der Waals surface area contributed by atoms with Gasteiger partial charge in [0.1, 0.15) is 0 Å². The summed E-state index contributed by atoms with van der Waals surface area (Å²) in [7, 11) is 0. The second-order valence-corrected chi connectivity index (χ2v) is 3.27. The average Bonchev–Trinajstić information content (AvgIpc) is 2.62. The molecule has 1 aliphatic heterocycles. The summed E-state index contributed by atoms with van der Waals surface area (Å²) in [6, 6.07) is 0. The number of ether oxygens (including phenoxy) is 1. The Kier molecular flexibility index (Phi) is 2.08. The molecule has 0 saturated carbocycles. The third-order valence-corrected chi connectivity index (χ3v) is 2.50. The van der Waals surface area contributed by atoms with Crippen molar-refractivity contribution in [1.29, 1.82) is 0 Å². The first-order valence-electron chi connectivity index (χ1n) is 4.62. The van der Waals surface area contributed by atoms with Gasteiger partial charge >= 0.3 is 5.97 Å². The van der Waals surface area contributed by atoms with Gasteiger partial charge in [-0.05, 0) is 13.0 Å². The van der Waals surface area contributed by atoms with Crippen LogP contribution in [0.3, 0.4) is 0 Å². The van der Waals surface area contributed by atoms with E-state index in [1.807, 2.05) is 19.1 Å². The monoisotopic (exact) mass is 179 g/mol. The van der Waals surface area contributed by atoms with Crippen LogP contribution in [0.2, 0.25) is 0 Å². The number of rotatable bonds is 2. The van der Waals surface area contributed by atoms with Crippen LogP contribution in [0.5, 0.6) is 0 Å². The molecular weight excluding hydrogens is 166 g/mol. The maximum atomic E-state index is 11.5. The summed E-state index contributed by atoms with van der Waals surface area (Å²) >= 11 is 0. The molecule has 1 saturated heterocycles. The van der Waals surface area contributed by atoms with Gasteiger partial charge in [-0.15, -0.1) is 0 Å². The van der Waals surface area contributed by atoms with Crippen LogP contribution >= 0.6 is 0 Å². The van der Waals surface area contributed by atoms with E-state index >= 15 is 0 Å². The minimum absolute atomic E-state index is 0.0232. The lowest BCUT2D eigenvalue weighted by molar-refractivity contribution is -0.148. The van der Waals surface area contributed by atoms with Crippen molar-refractivity contribution in [1.82, 2.24) is 5.32 Å². The number of fused-ring (bicyclic) bond motifs is 1. The first kappa shape index (κ1) is 8.35. The highest BCUT2D eigenvalue weighted by atomic mass is 16.5. The van der Waals surface area contributed by atoms with E-state index in [2.05, 4.69) is 11.4 Å². The summed E-state index contributed by atoms with van der Waals surface area (Å²) < 4.78 is 4.99. The van der Waals surface area contributed by atoms with Gasteiger partial charge < -0.3 is 10.1 Å². The van der Waals surface area contributed by atoms with Gasteiger partial charge in [-0.25, -0.2) is 0 Å². The smallest absolute Gasteiger partial charge is 0.311 e. The third kappa shape index (κ3) is 1.34. The molecule has 1 aliphatic carbocycles. The van der Waals surface area contributed by atoms with Crippen LogP contribution in [-0.4, -0.2) is 19.1 Å². The molecule has 3 nitrogen and oxygen atoms in total. The molecule has 2 unspecified atom stereocenters. The zero-order valence-corrected chi connectivity index (χ0v) is 7.62.